The van der Waals surface area contributed by atoms with Gasteiger partial charge in [0, 0.05) is 12.7 Å². The number of rotatable bonds is 3. The Labute approximate surface area is 123 Å². The molecule has 0 aliphatic carbocycles. The minimum Gasteiger partial charge on any atom is -0.378 e. The second kappa shape index (κ2) is 5.66. The summed E-state index contributed by atoms with van der Waals surface area (Å²) in [5.74, 6) is 0.581. The molecule has 4 nitrogen and oxygen atoms in total. The molecule has 1 N–H and O–H groups in total. The molecule has 21 heavy (non-hydrogen) atoms. The largest absolute Gasteiger partial charge is 0.417 e. The van der Waals surface area contributed by atoms with Gasteiger partial charge in [-0.05, 0) is 18.2 Å². The van der Waals surface area contributed by atoms with Gasteiger partial charge in [0.25, 0.3) is 0 Å². The number of alkyl halides is 3. The lowest BCUT2D eigenvalue weighted by molar-refractivity contribution is -0.137. The molecular weight excluding hydrogens is 305 g/mol. The summed E-state index contributed by atoms with van der Waals surface area (Å²) in [6.45, 7) is 0.215. The number of hydrogen-bond donors (Lipinski definition) is 1. The molecule has 2 aromatic rings. The second-order valence-corrected chi connectivity index (χ2v) is 4.67. The van der Waals surface area contributed by atoms with E-state index < -0.39 is 17.3 Å². The van der Waals surface area contributed by atoms with Crippen LogP contribution in [0.3, 0.4) is 0 Å². The maximum absolute atomic E-state index is 12.8. The molecule has 0 fully saturated rings. The van der Waals surface area contributed by atoms with E-state index in [9.17, 15) is 13.2 Å². The lowest BCUT2D eigenvalue weighted by atomic mass is 10.1. The minimum atomic E-state index is -4.57. The highest BCUT2D eigenvalue weighted by molar-refractivity contribution is 6.29. The van der Waals surface area contributed by atoms with Crippen LogP contribution in [0.15, 0.2) is 24.4 Å². The van der Waals surface area contributed by atoms with Gasteiger partial charge < -0.3 is 9.88 Å². The Hall–Kier alpha value is -2.20. The highest BCUT2D eigenvalue weighted by atomic mass is 35.5. The summed E-state index contributed by atoms with van der Waals surface area (Å²) in [5.41, 5.74) is -1.12. The van der Waals surface area contributed by atoms with Gasteiger partial charge in [-0.15, -0.1) is 0 Å². The molecule has 0 saturated carbocycles. The van der Waals surface area contributed by atoms with Gasteiger partial charge in [-0.3, -0.25) is 0 Å². The lowest BCUT2D eigenvalue weighted by Gasteiger charge is -2.12. The molecule has 0 bridgehead atoms. The average molecular weight is 315 g/mol. The number of imidazole rings is 1. The van der Waals surface area contributed by atoms with Gasteiger partial charge in [-0.1, -0.05) is 11.6 Å². The van der Waals surface area contributed by atoms with E-state index in [1.54, 1.807) is 11.6 Å². The Morgan fingerprint density at radius 1 is 1.43 bits per heavy atom. The van der Waals surface area contributed by atoms with Crippen molar-refractivity contribution in [2.24, 2.45) is 7.05 Å². The number of aromatic nitrogens is 2. The van der Waals surface area contributed by atoms with Crippen LogP contribution in [0.2, 0.25) is 5.15 Å². The number of nitrogens with zero attached hydrogens (tertiary/aromatic N) is 3. The van der Waals surface area contributed by atoms with Crippen LogP contribution in [0, 0.1) is 11.3 Å². The second-order valence-electron chi connectivity index (χ2n) is 4.28. The third-order valence-corrected chi connectivity index (χ3v) is 3.27. The van der Waals surface area contributed by atoms with E-state index >= 15 is 0 Å². The van der Waals surface area contributed by atoms with Crippen molar-refractivity contribution >= 4 is 17.3 Å². The summed E-state index contributed by atoms with van der Waals surface area (Å²) in [6, 6.07) is 4.99. The summed E-state index contributed by atoms with van der Waals surface area (Å²) in [4.78, 5) is 4.03. The van der Waals surface area contributed by atoms with Crippen molar-refractivity contribution in [1.29, 1.82) is 5.26 Å². The van der Waals surface area contributed by atoms with E-state index in [0.29, 0.717) is 11.0 Å². The zero-order valence-corrected chi connectivity index (χ0v) is 11.6. The van der Waals surface area contributed by atoms with Gasteiger partial charge in [0.15, 0.2) is 0 Å². The molecule has 0 amide bonds. The van der Waals surface area contributed by atoms with Crippen LogP contribution in [-0.2, 0) is 19.8 Å². The Morgan fingerprint density at radius 3 is 2.67 bits per heavy atom. The highest BCUT2D eigenvalue weighted by Gasteiger charge is 2.33. The Balaban J connectivity index is 2.22. The van der Waals surface area contributed by atoms with E-state index in [0.717, 1.165) is 12.1 Å². The van der Waals surface area contributed by atoms with Crippen molar-refractivity contribution in [3.8, 4) is 6.07 Å². The molecule has 0 aliphatic heterocycles. The molecular formula is C13H10ClF3N4. The SMILES string of the molecule is Cn1c(Cl)cnc1CNc1ccc(C#N)c(C(F)(F)F)c1. The summed E-state index contributed by atoms with van der Waals surface area (Å²) in [5, 5.41) is 12.0. The molecule has 0 atom stereocenters. The van der Waals surface area contributed by atoms with Gasteiger partial charge >= 0.3 is 6.18 Å². The molecule has 0 radical (unpaired) electrons. The Bertz CT molecular complexity index is 700. The van der Waals surface area contributed by atoms with Crippen molar-refractivity contribution < 1.29 is 13.2 Å². The molecule has 1 aromatic carbocycles. The third kappa shape index (κ3) is 3.28. The molecule has 0 spiro atoms. The fourth-order valence-corrected chi connectivity index (χ4v) is 1.90. The van der Waals surface area contributed by atoms with Gasteiger partial charge in [0.1, 0.15) is 11.0 Å². The monoisotopic (exact) mass is 314 g/mol. The quantitative estimate of drug-likeness (QED) is 0.942. The van der Waals surface area contributed by atoms with Crippen LogP contribution in [0.5, 0.6) is 0 Å². The zero-order chi connectivity index (χ0) is 15.6. The van der Waals surface area contributed by atoms with Crippen molar-refractivity contribution in [1.82, 2.24) is 9.55 Å². The molecule has 0 unspecified atom stereocenters. The third-order valence-electron chi connectivity index (χ3n) is 2.92. The van der Waals surface area contributed by atoms with Crippen LogP contribution in [-0.4, -0.2) is 9.55 Å². The fourth-order valence-electron chi connectivity index (χ4n) is 1.76. The molecule has 1 heterocycles. The zero-order valence-electron chi connectivity index (χ0n) is 10.9. The van der Waals surface area contributed by atoms with Crippen LogP contribution < -0.4 is 5.32 Å². The maximum atomic E-state index is 12.8. The van der Waals surface area contributed by atoms with Crippen LogP contribution >= 0.6 is 11.6 Å². The predicted molar refractivity (Wildman–Crippen MR) is 71.7 cm³/mol. The Kier molecular flexibility index (Phi) is 4.09. The van der Waals surface area contributed by atoms with E-state index in [1.165, 1.54) is 18.3 Å². The Morgan fingerprint density at radius 2 is 2.14 bits per heavy atom. The first kappa shape index (κ1) is 15.2. The first-order chi connectivity index (χ1) is 9.82. The maximum Gasteiger partial charge on any atom is 0.417 e. The van der Waals surface area contributed by atoms with E-state index in [-0.39, 0.29) is 12.2 Å². The molecule has 110 valence electrons. The van der Waals surface area contributed by atoms with Crippen molar-refractivity contribution in [2.45, 2.75) is 12.7 Å². The number of anilines is 1. The van der Waals surface area contributed by atoms with E-state index in [4.69, 9.17) is 16.9 Å². The first-order valence-electron chi connectivity index (χ1n) is 5.84. The smallest absolute Gasteiger partial charge is 0.378 e. The van der Waals surface area contributed by atoms with Gasteiger partial charge in [-0.2, -0.15) is 18.4 Å². The molecule has 8 heteroatoms. The number of nitriles is 1. The molecule has 1 aromatic heterocycles. The molecule has 0 saturated heterocycles. The van der Waals surface area contributed by atoms with E-state index in [2.05, 4.69) is 10.3 Å². The predicted octanol–water partition coefficient (Wildman–Crippen LogP) is 3.58. The van der Waals surface area contributed by atoms with Crippen LogP contribution in [0.25, 0.3) is 0 Å². The summed E-state index contributed by atoms with van der Waals surface area (Å²) in [6.07, 6.45) is -3.12. The molecule has 0 aliphatic rings. The fraction of sp³-hybridized carbons (Fsp3) is 0.231. The van der Waals surface area contributed by atoms with Crippen LogP contribution in [0.4, 0.5) is 18.9 Å². The normalized spacial score (nSPS) is 11.2. The standard InChI is InChI=1S/C13H10ClF3N4/c1-21-11(14)6-20-12(21)7-19-9-3-2-8(5-18)10(4-9)13(15,16)17/h2-4,6,19H,7H2,1H3. The van der Waals surface area contributed by atoms with Crippen molar-refractivity contribution in [3.63, 3.8) is 0 Å². The lowest BCUT2D eigenvalue weighted by Crippen LogP contribution is -2.10. The average Bonchev–Trinajstić information content (AvgIpc) is 2.75. The van der Waals surface area contributed by atoms with Crippen LogP contribution in [0.1, 0.15) is 17.0 Å². The van der Waals surface area contributed by atoms with Crippen molar-refractivity contribution in [2.75, 3.05) is 5.32 Å². The number of halogens is 4. The molecule has 2 rings (SSSR count). The van der Waals surface area contributed by atoms with Gasteiger partial charge in [-0.25, -0.2) is 4.98 Å². The topological polar surface area (TPSA) is 53.6 Å². The first-order valence-corrected chi connectivity index (χ1v) is 6.22. The van der Waals surface area contributed by atoms with E-state index in [1.807, 2.05) is 0 Å². The number of benzene rings is 1. The van der Waals surface area contributed by atoms with Gasteiger partial charge in [0.2, 0.25) is 0 Å². The highest BCUT2D eigenvalue weighted by Crippen LogP contribution is 2.33. The summed E-state index contributed by atoms with van der Waals surface area (Å²) < 4.78 is 40.1. The summed E-state index contributed by atoms with van der Waals surface area (Å²) in [7, 11) is 1.70. The van der Waals surface area contributed by atoms with Gasteiger partial charge in [0.05, 0.1) is 29.9 Å². The van der Waals surface area contributed by atoms with Crippen molar-refractivity contribution in [3.05, 3.63) is 46.5 Å². The minimum absolute atomic E-state index is 0.215. The number of hydrogen-bond acceptors (Lipinski definition) is 3. The summed E-state index contributed by atoms with van der Waals surface area (Å²) >= 11 is 5.82. The number of nitrogens with one attached hydrogen (secondary N) is 1.